The quantitative estimate of drug-likeness (QED) is 0.814. The Morgan fingerprint density at radius 2 is 1.85 bits per heavy atom. The van der Waals surface area contributed by atoms with Crippen molar-refractivity contribution in [1.29, 1.82) is 0 Å². The molecule has 0 saturated carbocycles. The van der Waals surface area contributed by atoms with Crippen molar-refractivity contribution in [3.63, 3.8) is 0 Å². The average molecular weight is 374 g/mol. The van der Waals surface area contributed by atoms with Gasteiger partial charge in [-0.3, -0.25) is 9.59 Å². The molecule has 0 fully saturated rings. The van der Waals surface area contributed by atoms with Gasteiger partial charge >= 0.3 is 0 Å². The number of nitrogens with one attached hydrogen (secondary N) is 1. The lowest BCUT2D eigenvalue weighted by molar-refractivity contribution is -0.125. The van der Waals surface area contributed by atoms with Crippen LogP contribution in [0, 0.1) is 5.41 Å². The predicted molar refractivity (Wildman–Crippen MR) is 104 cm³/mol. The van der Waals surface area contributed by atoms with Crippen molar-refractivity contribution >= 4 is 23.3 Å². The highest BCUT2D eigenvalue weighted by atomic mass is 35.5. The summed E-state index contributed by atoms with van der Waals surface area (Å²) in [5.41, 5.74) is 1.75. The van der Waals surface area contributed by atoms with E-state index in [4.69, 9.17) is 16.3 Å². The van der Waals surface area contributed by atoms with E-state index < -0.39 is 5.41 Å². The molecule has 1 N–H and O–H groups in total. The molecule has 0 aliphatic heterocycles. The predicted octanol–water partition coefficient (Wildman–Crippen LogP) is 4.44. The fraction of sp³-hybridized carbons (Fsp3) is 0.333. The van der Waals surface area contributed by atoms with Gasteiger partial charge in [0.2, 0.25) is 0 Å². The molecule has 26 heavy (non-hydrogen) atoms. The Balaban J connectivity index is 2.08. The van der Waals surface area contributed by atoms with Crippen LogP contribution < -0.4 is 10.1 Å². The third-order valence-electron chi connectivity index (χ3n) is 4.07. The fourth-order valence-electron chi connectivity index (χ4n) is 2.44. The molecule has 2 rings (SSSR count). The largest absolute Gasteiger partial charge is 0.496 e. The molecule has 138 valence electrons. The number of ether oxygens (including phenoxy) is 1. The first-order valence-corrected chi connectivity index (χ1v) is 8.81. The first kappa shape index (κ1) is 20.0. The van der Waals surface area contributed by atoms with Crippen molar-refractivity contribution in [2.75, 3.05) is 7.11 Å². The monoisotopic (exact) mass is 373 g/mol. The summed E-state index contributed by atoms with van der Waals surface area (Å²) in [6.07, 6.45) is 0.312. The summed E-state index contributed by atoms with van der Waals surface area (Å²) in [6, 6.07) is 12.4. The summed E-state index contributed by atoms with van der Waals surface area (Å²) in [4.78, 5) is 24.7. The second kappa shape index (κ2) is 8.37. The number of amides is 1. The molecule has 0 unspecified atom stereocenters. The average Bonchev–Trinajstić information content (AvgIpc) is 2.59. The van der Waals surface area contributed by atoms with Crippen molar-refractivity contribution < 1.29 is 14.3 Å². The number of carbonyl (C=O) groups is 2. The van der Waals surface area contributed by atoms with Crippen molar-refractivity contribution in [1.82, 2.24) is 5.32 Å². The lowest BCUT2D eigenvalue weighted by atomic mass is 9.87. The highest BCUT2D eigenvalue weighted by Crippen LogP contribution is 2.22. The molecule has 5 heteroatoms. The van der Waals surface area contributed by atoms with Crippen molar-refractivity contribution in [2.45, 2.75) is 33.7 Å². The smallest absolute Gasteiger partial charge is 0.251 e. The Hall–Kier alpha value is -2.33. The number of halogens is 1. The van der Waals surface area contributed by atoms with Gasteiger partial charge in [-0.05, 0) is 35.9 Å². The van der Waals surface area contributed by atoms with Gasteiger partial charge in [-0.1, -0.05) is 44.5 Å². The standard InChI is InChI=1S/C21H24ClNO3/c1-21(2,3)19(24)11-14-6-5-7-15(10-14)20(25)23-13-16-12-17(22)8-9-18(16)26-4/h5-10,12H,11,13H2,1-4H3,(H,23,25). The lowest BCUT2D eigenvalue weighted by Gasteiger charge is -2.16. The molecule has 0 spiro atoms. The minimum Gasteiger partial charge on any atom is -0.496 e. The lowest BCUT2D eigenvalue weighted by Crippen LogP contribution is -2.24. The van der Waals surface area contributed by atoms with E-state index in [0.29, 0.717) is 29.3 Å². The first-order valence-electron chi connectivity index (χ1n) is 8.43. The van der Waals surface area contributed by atoms with E-state index >= 15 is 0 Å². The van der Waals surface area contributed by atoms with Crippen LogP contribution in [0.5, 0.6) is 5.75 Å². The molecule has 0 heterocycles. The third kappa shape index (κ3) is 5.33. The molecule has 0 aliphatic carbocycles. The highest BCUT2D eigenvalue weighted by Gasteiger charge is 2.21. The van der Waals surface area contributed by atoms with E-state index in [9.17, 15) is 9.59 Å². The SMILES string of the molecule is COc1ccc(Cl)cc1CNC(=O)c1cccc(CC(=O)C(C)(C)C)c1. The maximum atomic E-state index is 12.5. The van der Waals surface area contributed by atoms with Gasteiger partial charge in [0.25, 0.3) is 5.91 Å². The van der Waals surface area contributed by atoms with Gasteiger partial charge in [0, 0.05) is 34.5 Å². The number of rotatable bonds is 6. The summed E-state index contributed by atoms with van der Waals surface area (Å²) >= 11 is 6.01. The zero-order chi connectivity index (χ0) is 19.3. The molecule has 1 amide bonds. The topological polar surface area (TPSA) is 55.4 Å². The number of hydrogen-bond acceptors (Lipinski definition) is 3. The van der Waals surface area contributed by atoms with Gasteiger partial charge in [-0.2, -0.15) is 0 Å². The zero-order valence-corrected chi connectivity index (χ0v) is 16.3. The van der Waals surface area contributed by atoms with Crippen molar-refractivity contribution in [3.8, 4) is 5.75 Å². The van der Waals surface area contributed by atoms with Crippen molar-refractivity contribution in [2.24, 2.45) is 5.41 Å². The normalized spacial score (nSPS) is 11.1. The molecule has 0 saturated heterocycles. The van der Waals surface area contributed by atoms with Crippen LogP contribution in [0.3, 0.4) is 0 Å². The molecule has 0 aliphatic rings. The van der Waals surface area contributed by atoms with Crippen LogP contribution in [0.4, 0.5) is 0 Å². The summed E-state index contributed by atoms with van der Waals surface area (Å²) < 4.78 is 5.29. The fourth-order valence-corrected chi connectivity index (χ4v) is 2.63. The van der Waals surface area contributed by atoms with E-state index in [-0.39, 0.29) is 11.7 Å². The number of ketones is 1. The maximum absolute atomic E-state index is 12.5. The van der Waals surface area contributed by atoms with Crippen LogP contribution in [-0.4, -0.2) is 18.8 Å². The molecular formula is C21H24ClNO3. The van der Waals surface area contributed by atoms with E-state index in [1.54, 1.807) is 43.5 Å². The van der Waals surface area contributed by atoms with Crippen LogP contribution in [-0.2, 0) is 17.8 Å². The number of benzene rings is 2. The zero-order valence-electron chi connectivity index (χ0n) is 15.6. The van der Waals surface area contributed by atoms with E-state index in [1.165, 1.54) is 0 Å². The number of methoxy groups -OCH3 is 1. The first-order chi connectivity index (χ1) is 12.2. The van der Waals surface area contributed by atoms with E-state index in [0.717, 1.165) is 11.1 Å². The summed E-state index contributed by atoms with van der Waals surface area (Å²) in [7, 11) is 1.57. The van der Waals surface area contributed by atoms with Crippen LogP contribution in [0.25, 0.3) is 0 Å². The van der Waals surface area contributed by atoms with Crippen LogP contribution >= 0.6 is 11.6 Å². The molecule has 0 atom stereocenters. The number of carbonyl (C=O) groups excluding carboxylic acids is 2. The molecular weight excluding hydrogens is 350 g/mol. The van der Waals surface area contributed by atoms with Crippen LogP contribution in [0.15, 0.2) is 42.5 Å². The third-order valence-corrected chi connectivity index (χ3v) is 4.31. The second-order valence-electron chi connectivity index (χ2n) is 7.19. The Morgan fingerprint density at radius 3 is 2.50 bits per heavy atom. The molecule has 0 aromatic heterocycles. The molecule has 2 aromatic rings. The Morgan fingerprint density at radius 1 is 1.12 bits per heavy atom. The van der Waals surface area contributed by atoms with Gasteiger partial charge in [-0.15, -0.1) is 0 Å². The summed E-state index contributed by atoms with van der Waals surface area (Å²) in [6.45, 7) is 5.98. The minimum absolute atomic E-state index is 0.138. The Kier molecular flexibility index (Phi) is 6.43. The molecule has 0 bridgehead atoms. The molecule has 2 aromatic carbocycles. The number of Topliss-reactive ketones (excluding diaryl/α,β-unsaturated/α-hetero) is 1. The van der Waals surface area contributed by atoms with Gasteiger partial charge in [0.1, 0.15) is 11.5 Å². The number of hydrogen-bond donors (Lipinski definition) is 1. The van der Waals surface area contributed by atoms with Gasteiger partial charge in [0.05, 0.1) is 7.11 Å². The van der Waals surface area contributed by atoms with Gasteiger partial charge in [0.15, 0.2) is 0 Å². The Bertz CT molecular complexity index is 809. The van der Waals surface area contributed by atoms with E-state index in [2.05, 4.69) is 5.32 Å². The minimum atomic E-state index is -0.401. The Labute approximate surface area is 159 Å². The second-order valence-corrected chi connectivity index (χ2v) is 7.63. The van der Waals surface area contributed by atoms with Gasteiger partial charge in [-0.25, -0.2) is 0 Å². The molecule has 4 nitrogen and oxygen atoms in total. The van der Waals surface area contributed by atoms with Crippen molar-refractivity contribution in [3.05, 3.63) is 64.2 Å². The van der Waals surface area contributed by atoms with E-state index in [1.807, 2.05) is 26.8 Å². The summed E-state index contributed by atoms with van der Waals surface area (Å²) in [5.74, 6) is 0.593. The van der Waals surface area contributed by atoms with Gasteiger partial charge < -0.3 is 10.1 Å². The van der Waals surface area contributed by atoms with Crippen LogP contribution in [0.1, 0.15) is 42.3 Å². The molecule has 0 radical (unpaired) electrons. The maximum Gasteiger partial charge on any atom is 0.251 e. The summed E-state index contributed by atoms with van der Waals surface area (Å²) in [5, 5.41) is 3.45. The highest BCUT2D eigenvalue weighted by molar-refractivity contribution is 6.30. The van der Waals surface area contributed by atoms with Crippen LogP contribution in [0.2, 0.25) is 5.02 Å².